The lowest BCUT2D eigenvalue weighted by molar-refractivity contribution is -0.120. The predicted octanol–water partition coefficient (Wildman–Crippen LogP) is 2.95. The molecule has 0 spiro atoms. The van der Waals surface area contributed by atoms with E-state index in [2.05, 4.69) is 19.2 Å². The van der Waals surface area contributed by atoms with Crippen LogP contribution in [0.2, 0.25) is 0 Å². The lowest BCUT2D eigenvalue weighted by Gasteiger charge is -2.15. The predicted molar refractivity (Wildman–Crippen MR) is 61.6 cm³/mol. The van der Waals surface area contributed by atoms with E-state index in [1.165, 1.54) is 19.3 Å². The molecule has 0 unspecified atom stereocenters. The Bertz CT molecular complexity index is 159. The van der Waals surface area contributed by atoms with Crippen molar-refractivity contribution in [1.29, 1.82) is 0 Å². The molecule has 2 nitrogen and oxygen atoms in total. The van der Waals surface area contributed by atoms with Gasteiger partial charge in [-0.3, -0.25) is 4.79 Å². The van der Waals surface area contributed by atoms with Crippen LogP contribution < -0.4 is 5.32 Å². The molecule has 0 aromatic carbocycles. The van der Waals surface area contributed by atoms with Crippen LogP contribution in [0, 0.1) is 5.92 Å². The van der Waals surface area contributed by atoms with E-state index in [9.17, 15) is 4.79 Å². The average Bonchev–Trinajstić information content (AvgIpc) is 2.17. The van der Waals surface area contributed by atoms with Gasteiger partial charge in [0.25, 0.3) is 0 Å². The van der Waals surface area contributed by atoms with Crippen molar-refractivity contribution in [3.05, 3.63) is 0 Å². The third-order valence-corrected chi connectivity index (χ3v) is 2.67. The second-order valence-corrected chi connectivity index (χ2v) is 4.43. The summed E-state index contributed by atoms with van der Waals surface area (Å²) in [5.41, 5.74) is 0. The highest BCUT2D eigenvalue weighted by Gasteiger charge is 2.11. The fourth-order valence-corrected chi connectivity index (χ4v) is 1.41. The summed E-state index contributed by atoms with van der Waals surface area (Å²) in [7, 11) is 0. The number of hydrogen-bond acceptors (Lipinski definition) is 1. The molecular weight excluding hydrogens is 198 g/mol. The Balaban J connectivity index is 3.66. The maximum atomic E-state index is 11.2. The smallest absolute Gasteiger partial charge is 0.237 e. The number of amides is 1. The van der Waals surface area contributed by atoms with Gasteiger partial charge < -0.3 is 5.32 Å². The highest BCUT2D eigenvalue weighted by atomic mass is 35.5. The van der Waals surface area contributed by atoms with E-state index in [1.807, 2.05) is 0 Å². The summed E-state index contributed by atoms with van der Waals surface area (Å²) < 4.78 is 0. The van der Waals surface area contributed by atoms with Crippen molar-refractivity contribution in [3.8, 4) is 0 Å². The number of nitrogens with one attached hydrogen (secondary N) is 1. The van der Waals surface area contributed by atoms with Crippen LogP contribution in [-0.2, 0) is 4.79 Å². The average molecular weight is 220 g/mol. The van der Waals surface area contributed by atoms with Crippen molar-refractivity contribution in [1.82, 2.24) is 5.32 Å². The molecule has 84 valence electrons. The number of alkyl halides is 1. The molecule has 0 bridgehead atoms. The summed E-state index contributed by atoms with van der Waals surface area (Å²) >= 11 is 5.65. The maximum Gasteiger partial charge on any atom is 0.237 e. The molecule has 0 saturated carbocycles. The molecule has 0 aromatic rings. The van der Waals surface area contributed by atoms with Crippen LogP contribution in [0.25, 0.3) is 0 Å². The SMILES string of the molecule is CCCC[C@@H](CC)CNC(=O)[C@H](C)Cl. The van der Waals surface area contributed by atoms with Crippen molar-refractivity contribution in [2.75, 3.05) is 6.54 Å². The Morgan fingerprint density at radius 3 is 2.50 bits per heavy atom. The molecule has 1 N–H and O–H groups in total. The van der Waals surface area contributed by atoms with Crippen molar-refractivity contribution in [2.24, 2.45) is 5.92 Å². The molecule has 0 fully saturated rings. The van der Waals surface area contributed by atoms with Gasteiger partial charge in [0.2, 0.25) is 5.91 Å². The van der Waals surface area contributed by atoms with Crippen LogP contribution in [-0.4, -0.2) is 17.8 Å². The van der Waals surface area contributed by atoms with Crippen molar-refractivity contribution < 1.29 is 4.79 Å². The van der Waals surface area contributed by atoms with E-state index >= 15 is 0 Å². The lowest BCUT2D eigenvalue weighted by Crippen LogP contribution is -2.33. The molecule has 0 heterocycles. The third-order valence-electron chi connectivity index (χ3n) is 2.47. The first-order valence-corrected chi connectivity index (χ1v) is 5.97. The molecule has 1 amide bonds. The van der Waals surface area contributed by atoms with Gasteiger partial charge >= 0.3 is 0 Å². The fourth-order valence-electron chi connectivity index (χ4n) is 1.33. The topological polar surface area (TPSA) is 29.1 Å². The van der Waals surface area contributed by atoms with Crippen molar-refractivity contribution in [2.45, 2.75) is 51.8 Å². The summed E-state index contributed by atoms with van der Waals surface area (Å²) in [4.78, 5) is 11.2. The molecule has 0 radical (unpaired) electrons. The van der Waals surface area contributed by atoms with Gasteiger partial charge in [0.15, 0.2) is 0 Å². The maximum absolute atomic E-state index is 11.2. The zero-order valence-electron chi connectivity index (χ0n) is 9.48. The zero-order valence-corrected chi connectivity index (χ0v) is 10.2. The van der Waals surface area contributed by atoms with Crippen LogP contribution in [0.1, 0.15) is 46.5 Å². The van der Waals surface area contributed by atoms with Gasteiger partial charge in [0, 0.05) is 6.54 Å². The lowest BCUT2D eigenvalue weighted by atomic mass is 9.99. The van der Waals surface area contributed by atoms with Gasteiger partial charge in [-0.1, -0.05) is 33.1 Å². The number of rotatable bonds is 7. The fraction of sp³-hybridized carbons (Fsp3) is 0.909. The van der Waals surface area contributed by atoms with Crippen LogP contribution in [0.4, 0.5) is 0 Å². The summed E-state index contributed by atoms with van der Waals surface area (Å²) in [6.45, 7) is 6.82. The summed E-state index contributed by atoms with van der Waals surface area (Å²) in [5, 5.41) is 2.45. The molecule has 3 heteroatoms. The second-order valence-electron chi connectivity index (χ2n) is 3.78. The first-order valence-electron chi connectivity index (χ1n) is 5.53. The zero-order chi connectivity index (χ0) is 11.0. The number of halogens is 1. The van der Waals surface area contributed by atoms with E-state index in [0.29, 0.717) is 5.92 Å². The standard InChI is InChI=1S/C11H22ClNO/c1-4-6-7-10(5-2)8-13-11(14)9(3)12/h9-10H,4-8H2,1-3H3,(H,13,14)/t9-,10+/m0/s1. The third kappa shape index (κ3) is 6.25. The molecule has 0 saturated heterocycles. The normalized spacial score (nSPS) is 14.9. The minimum atomic E-state index is -0.418. The highest BCUT2D eigenvalue weighted by Crippen LogP contribution is 2.11. The molecule has 0 aliphatic rings. The Morgan fingerprint density at radius 2 is 2.07 bits per heavy atom. The molecule has 0 aliphatic carbocycles. The van der Waals surface area contributed by atoms with Crippen molar-refractivity contribution >= 4 is 17.5 Å². The highest BCUT2D eigenvalue weighted by molar-refractivity contribution is 6.30. The minimum Gasteiger partial charge on any atom is -0.355 e. The van der Waals surface area contributed by atoms with Gasteiger partial charge in [-0.05, 0) is 19.3 Å². The van der Waals surface area contributed by atoms with Gasteiger partial charge in [-0.25, -0.2) is 0 Å². The first kappa shape index (κ1) is 13.8. The summed E-state index contributed by atoms with van der Waals surface area (Å²) in [6.07, 6.45) is 4.78. The number of carbonyl (C=O) groups is 1. The van der Waals surface area contributed by atoms with Gasteiger partial charge in [-0.15, -0.1) is 11.6 Å². The number of unbranched alkanes of at least 4 members (excludes halogenated alkanes) is 1. The summed E-state index contributed by atoms with van der Waals surface area (Å²) in [6, 6.07) is 0. The summed E-state index contributed by atoms with van der Waals surface area (Å²) in [5.74, 6) is 0.552. The molecule has 0 aliphatic heterocycles. The molecule has 0 rings (SSSR count). The Hall–Kier alpha value is -0.240. The van der Waals surface area contributed by atoms with Crippen LogP contribution in [0.3, 0.4) is 0 Å². The first-order chi connectivity index (χ1) is 6.61. The quantitative estimate of drug-likeness (QED) is 0.656. The molecule has 2 atom stereocenters. The van der Waals surface area contributed by atoms with Crippen molar-refractivity contribution in [3.63, 3.8) is 0 Å². The molecule has 0 aromatic heterocycles. The molecule has 14 heavy (non-hydrogen) atoms. The van der Waals surface area contributed by atoms with Crippen LogP contribution >= 0.6 is 11.6 Å². The van der Waals surface area contributed by atoms with Gasteiger partial charge in [-0.2, -0.15) is 0 Å². The number of hydrogen-bond donors (Lipinski definition) is 1. The second kappa shape index (κ2) is 8.10. The van der Waals surface area contributed by atoms with E-state index in [4.69, 9.17) is 11.6 Å². The Morgan fingerprint density at radius 1 is 1.43 bits per heavy atom. The number of carbonyl (C=O) groups excluding carboxylic acids is 1. The Labute approximate surface area is 92.4 Å². The van der Waals surface area contributed by atoms with E-state index in [-0.39, 0.29) is 5.91 Å². The van der Waals surface area contributed by atoms with Crippen LogP contribution in [0.5, 0.6) is 0 Å². The van der Waals surface area contributed by atoms with Gasteiger partial charge in [0.1, 0.15) is 5.38 Å². The largest absolute Gasteiger partial charge is 0.355 e. The van der Waals surface area contributed by atoms with E-state index in [0.717, 1.165) is 13.0 Å². The van der Waals surface area contributed by atoms with Gasteiger partial charge in [0.05, 0.1) is 0 Å². The van der Waals surface area contributed by atoms with Crippen LogP contribution in [0.15, 0.2) is 0 Å². The van der Waals surface area contributed by atoms with E-state index in [1.54, 1.807) is 6.92 Å². The van der Waals surface area contributed by atoms with E-state index < -0.39 is 5.38 Å². The molecular formula is C11H22ClNO. The Kier molecular flexibility index (Phi) is 7.96. The minimum absolute atomic E-state index is 0.0541. The monoisotopic (exact) mass is 219 g/mol.